The van der Waals surface area contributed by atoms with E-state index in [1.54, 1.807) is 0 Å². The average molecular weight is 299 g/mol. The zero-order valence-electron chi connectivity index (χ0n) is 12.9. The van der Waals surface area contributed by atoms with E-state index in [2.05, 4.69) is 27.0 Å². The molecule has 0 bridgehead atoms. The van der Waals surface area contributed by atoms with E-state index in [0.29, 0.717) is 6.54 Å². The summed E-state index contributed by atoms with van der Waals surface area (Å²) in [4.78, 5) is 18.5. The summed E-state index contributed by atoms with van der Waals surface area (Å²) in [6.07, 6.45) is 1.54. The van der Waals surface area contributed by atoms with E-state index < -0.39 is 0 Å². The molecular formula is C16H21N5O. The highest BCUT2D eigenvalue weighted by atomic mass is 16.1. The standard InChI is InChI=1S/C16H21N5O/c1-3-14-18-15(20-19-14)9-21-10(2)8-12(16(17)22)11-6-4-5-7-13(11)21/h4-7,10,12H,3,8-9H2,1-2H3,(H2,17,22)(H,18,19,20)/t10-,12-/m1/s1. The van der Waals surface area contributed by atoms with Crippen LogP contribution in [0.3, 0.4) is 0 Å². The van der Waals surface area contributed by atoms with Crippen LogP contribution in [-0.2, 0) is 17.8 Å². The van der Waals surface area contributed by atoms with Gasteiger partial charge in [0.1, 0.15) is 5.82 Å². The molecule has 3 N–H and O–H groups in total. The lowest BCUT2D eigenvalue weighted by Crippen LogP contribution is -2.41. The maximum atomic E-state index is 11.7. The number of carbonyl (C=O) groups excluding carboxylic acids is 1. The number of carbonyl (C=O) groups is 1. The summed E-state index contributed by atoms with van der Waals surface area (Å²) in [5, 5.41) is 7.18. The molecule has 116 valence electrons. The minimum atomic E-state index is -0.258. The van der Waals surface area contributed by atoms with Gasteiger partial charge in [0.05, 0.1) is 12.5 Å². The van der Waals surface area contributed by atoms with Crippen molar-refractivity contribution in [1.29, 1.82) is 0 Å². The lowest BCUT2D eigenvalue weighted by atomic mass is 9.85. The van der Waals surface area contributed by atoms with Crippen molar-refractivity contribution in [3.8, 4) is 0 Å². The van der Waals surface area contributed by atoms with Gasteiger partial charge in [-0.3, -0.25) is 9.89 Å². The first kappa shape index (κ1) is 14.6. The van der Waals surface area contributed by atoms with E-state index >= 15 is 0 Å². The van der Waals surface area contributed by atoms with Crippen LogP contribution >= 0.6 is 0 Å². The molecule has 1 amide bonds. The monoisotopic (exact) mass is 299 g/mol. The number of hydrogen-bond acceptors (Lipinski definition) is 4. The van der Waals surface area contributed by atoms with Gasteiger partial charge in [0.2, 0.25) is 5.91 Å². The van der Waals surface area contributed by atoms with E-state index in [1.807, 2.05) is 31.2 Å². The number of nitrogens with two attached hydrogens (primary N) is 1. The van der Waals surface area contributed by atoms with E-state index in [4.69, 9.17) is 5.73 Å². The quantitative estimate of drug-likeness (QED) is 0.900. The van der Waals surface area contributed by atoms with Gasteiger partial charge in [-0.15, -0.1) is 0 Å². The van der Waals surface area contributed by atoms with Gasteiger partial charge in [-0.25, -0.2) is 4.98 Å². The van der Waals surface area contributed by atoms with Gasteiger partial charge in [0, 0.05) is 18.2 Å². The highest BCUT2D eigenvalue weighted by Crippen LogP contribution is 2.38. The predicted octanol–water partition coefficient (Wildman–Crippen LogP) is 1.73. The Kier molecular flexibility index (Phi) is 3.83. The Labute approximate surface area is 129 Å². The number of benzene rings is 1. The van der Waals surface area contributed by atoms with Crippen molar-refractivity contribution >= 4 is 11.6 Å². The highest BCUT2D eigenvalue weighted by Gasteiger charge is 2.33. The second-order valence-corrected chi connectivity index (χ2v) is 5.78. The van der Waals surface area contributed by atoms with Gasteiger partial charge in [0.25, 0.3) is 0 Å². The third-order valence-corrected chi connectivity index (χ3v) is 4.29. The molecule has 1 aliphatic heterocycles. The molecule has 2 aromatic rings. The van der Waals surface area contributed by atoms with Crippen LogP contribution in [0.4, 0.5) is 5.69 Å². The predicted molar refractivity (Wildman–Crippen MR) is 84.4 cm³/mol. The molecule has 2 atom stereocenters. The van der Waals surface area contributed by atoms with E-state index in [1.165, 1.54) is 0 Å². The van der Waals surface area contributed by atoms with Crippen molar-refractivity contribution in [2.75, 3.05) is 4.90 Å². The summed E-state index contributed by atoms with van der Waals surface area (Å²) in [7, 11) is 0. The zero-order valence-corrected chi connectivity index (χ0v) is 12.9. The molecule has 6 heteroatoms. The maximum absolute atomic E-state index is 11.7. The van der Waals surface area contributed by atoms with E-state index in [9.17, 15) is 4.79 Å². The molecule has 2 heterocycles. The SMILES string of the molecule is CCc1n[nH]c(CN2c3ccccc3[C@H](C(N)=O)C[C@H]2C)n1. The van der Waals surface area contributed by atoms with Crippen molar-refractivity contribution in [3.05, 3.63) is 41.5 Å². The van der Waals surface area contributed by atoms with Gasteiger partial charge < -0.3 is 10.6 Å². The van der Waals surface area contributed by atoms with Gasteiger partial charge in [0.15, 0.2) is 5.82 Å². The number of rotatable bonds is 4. The number of hydrogen-bond donors (Lipinski definition) is 2. The summed E-state index contributed by atoms with van der Waals surface area (Å²) >= 11 is 0. The molecule has 1 aliphatic rings. The van der Waals surface area contributed by atoms with E-state index in [-0.39, 0.29) is 17.9 Å². The number of H-pyrrole nitrogens is 1. The fraction of sp³-hybridized carbons (Fsp3) is 0.438. The van der Waals surface area contributed by atoms with Crippen LogP contribution in [0.15, 0.2) is 24.3 Å². The van der Waals surface area contributed by atoms with Gasteiger partial charge in [-0.2, -0.15) is 5.10 Å². The number of nitrogens with zero attached hydrogens (tertiary/aromatic N) is 3. The molecule has 1 aromatic carbocycles. The molecule has 0 fully saturated rings. The average Bonchev–Trinajstić information content (AvgIpc) is 2.97. The van der Waals surface area contributed by atoms with Gasteiger partial charge >= 0.3 is 0 Å². The first-order chi connectivity index (χ1) is 10.6. The summed E-state index contributed by atoms with van der Waals surface area (Å²) in [5.74, 6) is 1.19. The fourth-order valence-electron chi connectivity index (χ4n) is 3.11. The highest BCUT2D eigenvalue weighted by molar-refractivity contribution is 5.85. The Bertz CT molecular complexity index is 681. The number of primary amides is 1. The van der Waals surface area contributed by atoms with Crippen molar-refractivity contribution in [3.63, 3.8) is 0 Å². The number of amides is 1. The summed E-state index contributed by atoms with van der Waals surface area (Å²) in [5.41, 5.74) is 7.64. The van der Waals surface area contributed by atoms with Crippen LogP contribution in [-0.4, -0.2) is 27.1 Å². The molecule has 0 unspecified atom stereocenters. The molecular weight excluding hydrogens is 278 g/mol. The maximum Gasteiger partial charge on any atom is 0.225 e. The normalized spacial score (nSPS) is 20.7. The zero-order chi connectivity index (χ0) is 15.7. The minimum Gasteiger partial charge on any atom is -0.369 e. The Morgan fingerprint density at radius 2 is 2.23 bits per heavy atom. The first-order valence-corrected chi connectivity index (χ1v) is 7.65. The number of aromatic amines is 1. The van der Waals surface area contributed by atoms with Crippen LogP contribution in [0.2, 0.25) is 0 Å². The molecule has 0 saturated carbocycles. The Hall–Kier alpha value is -2.37. The number of aryl methyl sites for hydroxylation is 1. The van der Waals surface area contributed by atoms with Crippen molar-refractivity contribution in [2.24, 2.45) is 5.73 Å². The van der Waals surface area contributed by atoms with Crippen LogP contribution in [0.25, 0.3) is 0 Å². The smallest absolute Gasteiger partial charge is 0.225 e. The van der Waals surface area contributed by atoms with E-state index in [0.717, 1.165) is 35.7 Å². The molecule has 22 heavy (non-hydrogen) atoms. The molecule has 3 rings (SSSR count). The second-order valence-electron chi connectivity index (χ2n) is 5.78. The number of para-hydroxylation sites is 1. The van der Waals surface area contributed by atoms with Crippen LogP contribution in [0.5, 0.6) is 0 Å². The molecule has 0 aliphatic carbocycles. The largest absolute Gasteiger partial charge is 0.369 e. The van der Waals surface area contributed by atoms with Crippen molar-refractivity contribution < 1.29 is 4.79 Å². The van der Waals surface area contributed by atoms with Gasteiger partial charge in [-0.05, 0) is 25.0 Å². The Morgan fingerprint density at radius 3 is 2.91 bits per heavy atom. The van der Waals surface area contributed by atoms with Gasteiger partial charge in [-0.1, -0.05) is 25.1 Å². The van der Waals surface area contributed by atoms with Crippen LogP contribution in [0.1, 0.15) is 43.4 Å². The van der Waals surface area contributed by atoms with Crippen molar-refractivity contribution in [2.45, 2.75) is 45.2 Å². The second kappa shape index (κ2) is 5.79. The minimum absolute atomic E-state index is 0.211. The lowest BCUT2D eigenvalue weighted by Gasteiger charge is -2.39. The summed E-state index contributed by atoms with van der Waals surface area (Å²) in [6.45, 7) is 4.79. The van der Waals surface area contributed by atoms with Crippen LogP contribution < -0.4 is 10.6 Å². The molecule has 1 aromatic heterocycles. The molecule has 0 spiro atoms. The molecule has 0 saturated heterocycles. The molecule has 6 nitrogen and oxygen atoms in total. The summed E-state index contributed by atoms with van der Waals surface area (Å²) in [6, 6.07) is 8.17. The third kappa shape index (κ3) is 2.56. The summed E-state index contributed by atoms with van der Waals surface area (Å²) < 4.78 is 0. The van der Waals surface area contributed by atoms with Crippen LogP contribution in [0, 0.1) is 0 Å². The lowest BCUT2D eigenvalue weighted by molar-refractivity contribution is -0.119. The number of aromatic nitrogens is 3. The van der Waals surface area contributed by atoms with Crippen molar-refractivity contribution in [1.82, 2.24) is 15.2 Å². The third-order valence-electron chi connectivity index (χ3n) is 4.29. The number of anilines is 1. The molecule has 0 radical (unpaired) electrons. The number of fused-ring (bicyclic) bond motifs is 1. The Morgan fingerprint density at radius 1 is 1.45 bits per heavy atom. The first-order valence-electron chi connectivity index (χ1n) is 7.65. The number of nitrogens with one attached hydrogen (secondary N) is 1. The topological polar surface area (TPSA) is 87.9 Å². The Balaban J connectivity index is 1.93. The fourth-order valence-corrected chi connectivity index (χ4v) is 3.11.